The quantitative estimate of drug-likeness (QED) is 0.884. The summed E-state index contributed by atoms with van der Waals surface area (Å²) in [5, 5.41) is 3.06. The lowest BCUT2D eigenvalue weighted by atomic mass is 9.95. The molecule has 0 radical (unpaired) electrons. The first-order valence-electron chi connectivity index (χ1n) is 6.83. The van der Waals surface area contributed by atoms with E-state index in [0.717, 1.165) is 25.5 Å². The van der Waals surface area contributed by atoms with E-state index in [9.17, 15) is 13.2 Å². The van der Waals surface area contributed by atoms with Gasteiger partial charge in [-0.1, -0.05) is 18.0 Å². The van der Waals surface area contributed by atoms with Crippen LogP contribution in [0.2, 0.25) is 5.02 Å². The van der Waals surface area contributed by atoms with E-state index in [0.29, 0.717) is 17.3 Å². The monoisotopic (exact) mass is 330 g/mol. The first-order chi connectivity index (χ1) is 9.82. The maximum atomic E-state index is 12.3. The van der Waals surface area contributed by atoms with Crippen LogP contribution in [0.25, 0.3) is 0 Å². The summed E-state index contributed by atoms with van der Waals surface area (Å²) in [6, 6.07) is 4.29. The number of carbonyl (C=O) groups excluding carboxylic acids is 1. The topological polar surface area (TPSA) is 89.3 Å². The minimum absolute atomic E-state index is 0.129. The molecule has 5 nitrogen and oxygen atoms in total. The zero-order valence-electron chi connectivity index (χ0n) is 11.8. The fourth-order valence-electron chi connectivity index (χ4n) is 2.72. The molecule has 21 heavy (non-hydrogen) atoms. The molecule has 7 heteroatoms. The minimum atomic E-state index is -3.34. The molecule has 0 spiro atoms. The van der Waals surface area contributed by atoms with Gasteiger partial charge in [0.25, 0.3) is 0 Å². The highest BCUT2D eigenvalue weighted by atomic mass is 35.5. The number of benzene rings is 1. The molecule has 0 bridgehead atoms. The van der Waals surface area contributed by atoms with Gasteiger partial charge in [-0.25, -0.2) is 8.42 Å². The second-order valence-electron chi connectivity index (χ2n) is 5.44. The number of hydrogen-bond acceptors (Lipinski definition) is 4. The van der Waals surface area contributed by atoms with Crippen LogP contribution >= 0.6 is 11.6 Å². The smallest absolute Gasteiger partial charge is 0.227 e. The first-order valence-corrected chi connectivity index (χ1v) is 9.10. The summed E-state index contributed by atoms with van der Waals surface area (Å²) in [7, 11) is -3.34. The number of anilines is 1. The van der Waals surface area contributed by atoms with Gasteiger partial charge in [0.15, 0.2) is 9.84 Å². The molecule has 1 aromatic rings. The molecule has 3 N–H and O–H groups in total. The van der Waals surface area contributed by atoms with E-state index in [-0.39, 0.29) is 22.6 Å². The van der Waals surface area contributed by atoms with Crippen LogP contribution in [0.1, 0.15) is 19.3 Å². The Bertz CT molecular complexity index is 646. The van der Waals surface area contributed by atoms with Crippen molar-refractivity contribution >= 4 is 33.0 Å². The van der Waals surface area contributed by atoms with Gasteiger partial charge in [-0.05, 0) is 43.5 Å². The average molecular weight is 331 g/mol. The lowest BCUT2D eigenvalue weighted by Gasteiger charge is -2.18. The molecule has 1 aliphatic rings. The predicted octanol–water partition coefficient (Wildman–Crippen LogP) is 2.06. The molecule has 1 aromatic carbocycles. The SMILES string of the molecule is CS(=O)(=O)c1ccc(Cl)c(NC(=O)C2CCCC2CN)c1. The minimum Gasteiger partial charge on any atom is -0.330 e. The molecule has 2 atom stereocenters. The van der Waals surface area contributed by atoms with Gasteiger partial charge in [-0.2, -0.15) is 0 Å². The summed E-state index contributed by atoms with van der Waals surface area (Å²) in [4.78, 5) is 12.5. The Morgan fingerprint density at radius 2 is 2.14 bits per heavy atom. The Balaban J connectivity index is 2.21. The van der Waals surface area contributed by atoms with Crippen LogP contribution in [0, 0.1) is 11.8 Å². The highest BCUT2D eigenvalue weighted by Crippen LogP contribution is 2.33. The Morgan fingerprint density at radius 1 is 1.43 bits per heavy atom. The van der Waals surface area contributed by atoms with Crippen LogP contribution < -0.4 is 11.1 Å². The van der Waals surface area contributed by atoms with Crippen molar-refractivity contribution in [3.05, 3.63) is 23.2 Å². The molecule has 0 saturated heterocycles. The van der Waals surface area contributed by atoms with Crippen LogP contribution in [0.4, 0.5) is 5.69 Å². The molecule has 1 saturated carbocycles. The van der Waals surface area contributed by atoms with Gasteiger partial charge in [0.2, 0.25) is 5.91 Å². The number of amides is 1. The number of nitrogens with two attached hydrogens (primary N) is 1. The van der Waals surface area contributed by atoms with Crippen LogP contribution in [-0.2, 0) is 14.6 Å². The second kappa shape index (κ2) is 6.34. The maximum Gasteiger partial charge on any atom is 0.227 e. The van der Waals surface area contributed by atoms with E-state index in [2.05, 4.69) is 5.32 Å². The molecule has 0 heterocycles. The zero-order valence-corrected chi connectivity index (χ0v) is 13.4. The van der Waals surface area contributed by atoms with Crippen LogP contribution in [0.15, 0.2) is 23.1 Å². The van der Waals surface area contributed by atoms with Crippen LogP contribution in [0.3, 0.4) is 0 Å². The molecule has 1 amide bonds. The highest BCUT2D eigenvalue weighted by molar-refractivity contribution is 7.90. The number of carbonyl (C=O) groups is 1. The maximum absolute atomic E-state index is 12.3. The van der Waals surface area contributed by atoms with E-state index in [1.165, 1.54) is 18.2 Å². The molecule has 2 unspecified atom stereocenters. The Morgan fingerprint density at radius 3 is 2.76 bits per heavy atom. The van der Waals surface area contributed by atoms with Crippen molar-refractivity contribution < 1.29 is 13.2 Å². The molecule has 1 aliphatic carbocycles. The number of halogens is 1. The number of sulfone groups is 1. The summed E-state index contributed by atoms with van der Waals surface area (Å²) in [5.74, 6) is -0.0923. The van der Waals surface area contributed by atoms with Crippen molar-refractivity contribution in [2.75, 3.05) is 18.1 Å². The summed E-state index contributed by atoms with van der Waals surface area (Å²) in [6.45, 7) is 0.481. The van der Waals surface area contributed by atoms with E-state index in [1.807, 2.05) is 0 Å². The third kappa shape index (κ3) is 3.75. The Hall–Kier alpha value is -1.11. The first kappa shape index (κ1) is 16.3. The fraction of sp³-hybridized carbons (Fsp3) is 0.500. The van der Waals surface area contributed by atoms with Gasteiger partial charge in [0, 0.05) is 12.2 Å². The lowest BCUT2D eigenvalue weighted by Crippen LogP contribution is -2.29. The largest absolute Gasteiger partial charge is 0.330 e. The van der Waals surface area contributed by atoms with Crippen molar-refractivity contribution in [2.24, 2.45) is 17.6 Å². The van der Waals surface area contributed by atoms with E-state index in [1.54, 1.807) is 0 Å². The van der Waals surface area contributed by atoms with Gasteiger partial charge in [-0.3, -0.25) is 4.79 Å². The number of nitrogens with one attached hydrogen (secondary N) is 1. The second-order valence-corrected chi connectivity index (χ2v) is 7.86. The van der Waals surface area contributed by atoms with Gasteiger partial charge in [-0.15, -0.1) is 0 Å². The van der Waals surface area contributed by atoms with Crippen molar-refractivity contribution in [3.63, 3.8) is 0 Å². The van der Waals surface area contributed by atoms with Gasteiger partial charge in [0.1, 0.15) is 0 Å². The van der Waals surface area contributed by atoms with Crippen LogP contribution in [0.5, 0.6) is 0 Å². The third-order valence-corrected chi connectivity index (χ3v) is 5.36. The lowest BCUT2D eigenvalue weighted by molar-refractivity contribution is -0.120. The van der Waals surface area contributed by atoms with Gasteiger partial charge >= 0.3 is 0 Å². The highest BCUT2D eigenvalue weighted by Gasteiger charge is 2.32. The molecule has 0 aromatic heterocycles. The van der Waals surface area contributed by atoms with E-state index < -0.39 is 9.84 Å². The molecule has 0 aliphatic heterocycles. The van der Waals surface area contributed by atoms with E-state index in [4.69, 9.17) is 17.3 Å². The standard InChI is InChI=1S/C14H19ClN2O3S/c1-21(19,20)10-5-6-12(15)13(7-10)17-14(18)11-4-2-3-9(11)8-16/h5-7,9,11H,2-4,8,16H2,1H3,(H,17,18). The van der Waals surface area contributed by atoms with E-state index >= 15 is 0 Å². The van der Waals surface area contributed by atoms with Crippen molar-refractivity contribution in [3.8, 4) is 0 Å². The summed E-state index contributed by atoms with van der Waals surface area (Å²) in [6.07, 6.45) is 3.85. The Kier molecular flexibility index (Phi) is 4.91. The van der Waals surface area contributed by atoms with Crippen LogP contribution in [-0.4, -0.2) is 27.1 Å². The normalized spacial score (nSPS) is 22.2. The van der Waals surface area contributed by atoms with Gasteiger partial charge < -0.3 is 11.1 Å². The summed E-state index contributed by atoms with van der Waals surface area (Å²) in [5.41, 5.74) is 6.01. The zero-order chi connectivity index (χ0) is 15.6. The summed E-state index contributed by atoms with van der Waals surface area (Å²) < 4.78 is 23.1. The average Bonchev–Trinajstić information content (AvgIpc) is 2.88. The predicted molar refractivity (Wildman–Crippen MR) is 83.1 cm³/mol. The fourth-order valence-corrected chi connectivity index (χ4v) is 3.53. The molecule has 2 rings (SSSR count). The number of rotatable bonds is 4. The molecular formula is C14H19ClN2O3S. The summed E-state index contributed by atoms with van der Waals surface area (Å²) >= 11 is 6.03. The molecule has 1 fully saturated rings. The molecular weight excluding hydrogens is 312 g/mol. The van der Waals surface area contributed by atoms with Crippen molar-refractivity contribution in [2.45, 2.75) is 24.2 Å². The molecule has 116 valence electrons. The third-order valence-electron chi connectivity index (χ3n) is 3.92. The van der Waals surface area contributed by atoms with Crippen molar-refractivity contribution in [1.29, 1.82) is 0 Å². The number of hydrogen-bond donors (Lipinski definition) is 2. The van der Waals surface area contributed by atoms with Crippen molar-refractivity contribution in [1.82, 2.24) is 0 Å². The van der Waals surface area contributed by atoms with Gasteiger partial charge in [0.05, 0.1) is 15.6 Å². The Labute approximate surface area is 129 Å².